The molecule has 5 nitrogen and oxygen atoms in total. The van der Waals surface area contributed by atoms with Crippen LogP contribution >= 0.6 is 0 Å². The largest absolute Gasteiger partial charge is 0.497 e. The van der Waals surface area contributed by atoms with E-state index in [-0.39, 0.29) is 6.42 Å². The maximum Gasteiger partial charge on any atom is 0.324 e. The van der Waals surface area contributed by atoms with E-state index in [2.05, 4.69) is 0 Å². The summed E-state index contributed by atoms with van der Waals surface area (Å²) in [7, 11) is 3.09. The summed E-state index contributed by atoms with van der Waals surface area (Å²) >= 11 is 0. The molecule has 100 valence electrons. The number of carboxylic acids is 1. The van der Waals surface area contributed by atoms with Crippen LogP contribution in [0.15, 0.2) is 18.2 Å². The second-order valence-corrected chi connectivity index (χ2v) is 4.17. The summed E-state index contributed by atoms with van der Waals surface area (Å²) in [5.74, 6) is 0.229. The van der Waals surface area contributed by atoms with Gasteiger partial charge in [-0.3, -0.25) is 4.79 Å². The van der Waals surface area contributed by atoms with Crippen LogP contribution in [0.1, 0.15) is 18.9 Å². The Balaban J connectivity index is 3.06. The van der Waals surface area contributed by atoms with Crippen LogP contribution in [0.4, 0.5) is 0 Å². The number of carboxylic acid groups (broad SMARTS) is 1. The van der Waals surface area contributed by atoms with Crippen molar-refractivity contribution >= 4 is 5.97 Å². The quantitative estimate of drug-likeness (QED) is 0.801. The van der Waals surface area contributed by atoms with Gasteiger partial charge in [0.2, 0.25) is 0 Å². The molecular formula is C13H19NO4. The van der Waals surface area contributed by atoms with Crippen molar-refractivity contribution in [1.29, 1.82) is 0 Å². The number of methoxy groups -OCH3 is 2. The van der Waals surface area contributed by atoms with Gasteiger partial charge in [0.05, 0.1) is 14.2 Å². The fraction of sp³-hybridized carbons (Fsp3) is 0.462. The highest BCUT2D eigenvalue weighted by Crippen LogP contribution is 2.28. The minimum Gasteiger partial charge on any atom is -0.497 e. The number of nitrogens with two attached hydrogens (primary N) is 1. The second kappa shape index (κ2) is 5.73. The molecule has 1 atom stereocenters. The summed E-state index contributed by atoms with van der Waals surface area (Å²) < 4.78 is 10.3. The molecule has 3 N–H and O–H groups in total. The third kappa shape index (κ3) is 2.92. The molecular weight excluding hydrogens is 234 g/mol. The number of hydrogen-bond donors (Lipinski definition) is 2. The van der Waals surface area contributed by atoms with Crippen molar-refractivity contribution in [2.45, 2.75) is 25.3 Å². The third-order valence-electron chi connectivity index (χ3n) is 3.06. The average Bonchev–Trinajstić information content (AvgIpc) is 2.38. The zero-order valence-electron chi connectivity index (χ0n) is 10.9. The van der Waals surface area contributed by atoms with Gasteiger partial charge in [-0.05, 0) is 18.1 Å². The highest BCUT2D eigenvalue weighted by molar-refractivity contribution is 5.79. The van der Waals surface area contributed by atoms with E-state index >= 15 is 0 Å². The lowest BCUT2D eigenvalue weighted by Crippen LogP contribution is -2.49. The van der Waals surface area contributed by atoms with E-state index < -0.39 is 11.5 Å². The predicted molar refractivity (Wildman–Crippen MR) is 68.1 cm³/mol. The Kier molecular flexibility index (Phi) is 4.55. The van der Waals surface area contributed by atoms with E-state index in [1.807, 2.05) is 0 Å². The molecule has 18 heavy (non-hydrogen) atoms. The van der Waals surface area contributed by atoms with Crippen molar-refractivity contribution in [2.24, 2.45) is 5.73 Å². The fourth-order valence-corrected chi connectivity index (χ4v) is 1.69. The van der Waals surface area contributed by atoms with Crippen molar-refractivity contribution < 1.29 is 19.4 Å². The second-order valence-electron chi connectivity index (χ2n) is 4.17. The van der Waals surface area contributed by atoms with Crippen LogP contribution in [0.5, 0.6) is 11.5 Å². The first-order chi connectivity index (χ1) is 8.46. The molecule has 1 unspecified atom stereocenters. The van der Waals surface area contributed by atoms with Crippen LogP contribution in [0, 0.1) is 0 Å². The van der Waals surface area contributed by atoms with Gasteiger partial charge in [-0.15, -0.1) is 0 Å². The molecule has 0 bridgehead atoms. The highest BCUT2D eigenvalue weighted by Gasteiger charge is 2.33. The summed E-state index contributed by atoms with van der Waals surface area (Å²) in [6.45, 7) is 1.75. The lowest BCUT2D eigenvalue weighted by molar-refractivity contribution is -0.143. The Morgan fingerprint density at radius 1 is 1.39 bits per heavy atom. The van der Waals surface area contributed by atoms with Crippen LogP contribution in [-0.4, -0.2) is 30.8 Å². The molecule has 1 aromatic rings. The molecule has 0 spiro atoms. The molecule has 5 heteroatoms. The molecule has 1 aromatic carbocycles. The van der Waals surface area contributed by atoms with Gasteiger partial charge in [0.1, 0.15) is 17.0 Å². The lowest BCUT2D eigenvalue weighted by Gasteiger charge is -2.24. The van der Waals surface area contributed by atoms with E-state index in [4.69, 9.17) is 20.3 Å². The number of rotatable bonds is 6. The van der Waals surface area contributed by atoms with E-state index in [1.54, 1.807) is 32.2 Å². The first kappa shape index (κ1) is 14.3. The molecule has 0 fully saturated rings. The lowest BCUT2D eigenvalue weighted by atomic mass is 9.89. The van der Waals surface area contributed by atoms with Gasteiger partial charge < -0.3 is 20.3 Å². The SMILES string of the molecule is CCC(N)(Cc1ccc(OC)cc1OC)C(=O)O. The van der Waals surface area contributed by atoms with Crippen molar-refractivity contribution in [1.82, 2.24) is 0 Å². The first-order valence-electron chi connectivity index (χ1n) is 5.70. The van der Waals surface area contributed by atoms with E-state index in [1.165, 1.54) is 7.11 Å². The molecule has 0 aliphatic carbocycles. The molecule has 0 aromatic heterocycles. The zero-order valence-corrected chi connectivity index (χ0v) is 10.9. The zero-order chi connectivity index (χ0) is 13.8. The highest BCUT2D eigenvalue weighted by atomic mass is 16.5. The molecule has 0 saturated heterocycles. The standard InChI is InChI=1S/C13H19NO4/c1-4-13(14,12(15)16)8-9-5-6-10(17-2)7-11(9)18-3/h5-7H,4,8,14H2,1-3H3,(H,15,16). The first-order valence-corrected chi connectivity index (χ1v) is 5.70. The van der Waals surface area contributed by atoms with Gasteiger partial charge in [-0.2, -0.15) is 0 Å². The monoisotopic (exact) mass is 253 g/mol. The Hall–Kier alpha value is -1.75. The summed E-state index contributed by atoms with van der Waals surface area (Å²) in [5.41, 5.74) is 5.36. The van der Waals surface area contributed by atoms with Crippen molar-refractivity contribution in [2.75, 3.05) is 14.2 Å². The van der Waals surface area contributed by atoms with Crippen LogP contribution in [0.3, 0.4) is 0 Å². The number of carbonyl (C=O) groups is 1. The van der Waals surface area contributed by atoms with E-state index in [0.29, 0.717) is 17.9 Å². The molecule has 0 saturated carbocycles. The van der Waals surface area contributed by atoms with Crippen LogP contribution in [0.2, 0.25) is 0 Å². The summed E-state index contributed by atoms with van der Waals surface area (Å²) in [6.07, 6.45) is 0.559. The smallest absolute Gasteiger partial charge is 0.324 e. The fourth-order valence-electron chi connectivity index (χ4n) is 1.69. The molecule has 1 rings (SSSR count). The Labute approximate surface area is 107 Å². The molecule has 0 amide bonds. The number of aliphatic carboxylic acids is 1. The molecule has 0 aliphatic heterocycles. The van der Waals surface area contributed by atoms with Crippen LogP contribution < -0.4 is 15.2 Å². The van der Waals surface area contributed by atoms with Gasteiger partial charge in [0.25, 0.3) is 0 Å². The summed E-state index contributed by atoms with van der Waals surface area (Å²) in [6, 6.07) is 5.25. The van der Waals surface area contributed by atoms with Gasteiger partial charge in [-0.25, -0.2) is 0 Å². The van der Waals surface area contributed by atoms with E-state index in [0.717, 1.165) is 5.56 Å². The van der Waals surface area contributed by atoms with Crippen molar-refractivity contribution in [3.63, 3.8) is 0 Å². The minimum atomic E-state index is -1.28. The molecule has 0 radical (unpaired) electrons. The number of hydrogen-bond acceptors (Lipinski definition) is 4. The Morgan fingerprint density at radius 3 is 2.50 bits per heavy atom. The maximum absolute atomic E-state index is 11.2. The van der Waals surface area contributed by atoms with Gasteiger partial charge in [0.15, 0.2) is 0 Å². The van der Waals surface area contributed by atoms with Gasteiger partial charge >= 0.3 is 5.97 Å². The molecule has 0 heterocycles. The number of benzene rings is 1. The van der Waals surface area contributed by atoms with Crippen molar-refractivity contribution in [3.05, 3.63) is 23.8 Å². The average molecular weight is 253 g/mol. The third-order valence-corrected chi connectivity index (χ3v) is 3.06. The minimum absolute atomic E-state index is 0.214. The van der Waals surface area contributed by atoms with Crippen LogP contribution in [0.25, 0.3) is 0 Å². The summed E-state index contributed by atoms with van der Waals surface area (Å²) in [4.78, 5) is 11.2. The summed E-state index contributed by atoms with van der Waals surface area (Å²) in [5, 5.41) is 9.17. The van der Waals surface area contributed by atoms with Crippen LogP contribution in [-0.2, 0) is 11.2 Å². The van der Waals surface area contributed by atoms with E-state index in [9.17, 15) is 4.79 Å². The Morgan fingerprint density at radius 2 is 2.06 bits per heavy atom. The predicted octanol–water partition coefficient (Wildman–Crippen LogP) is 1.44. The number of ether oxygens (including phenoxy) is 2. The van der Waals surface area contributed by atoms with Gasteiger partial charge in [-0.1, -0.05) is 13.0 Å². The maximum atomic E-state index is 11.2. The van der Waals surface area contributed by atoms with Crippen molar-refractivity contribution in [3.8, 4) is 11.5 Å². The Bertz CT molecular complexity index is 433. The molecule has 0 aliphatic rings. The van der Waals surface area contributed by atoms with Gasteiger partial charge in [0, 0.05) is 12.5 Å². The normalized spacial score (nSPS) is 13.8. The topological polar surface area (TPSA) is 81.8 Å².